The number of nitrogens with zero attached hydrogens (tertiary/aromatic N) is 1. The van der Waals surface area contributed by atoms with Gasteiger partial charge in [0.2, 0.25) is 11.6 Å². The smallest absolute Gasteiger partial charge is 0.205 e. The zero-order valence-corrected chi connectivity index (χ0v) is 14.0. The number of rotatable bonds is 2. The number of fused-ring (bicyclic) bond motifs is 2. The summed E-state index contributed by atoms with van der Waals surface area (Å²) in [6.07, 6.45) is 0. The van der Waals surface area contributed by atoms with Crippen LogP contribution >= 0.6 is 0 Å². The van der Waals surface area contributed by atoms with Gasteiger partial charge in [0, 0.05) is 11.6 Å². The molecule has 4 rings (SSSR count). The van der Waals surface area contributed by atoms with Gasteiger partial charge < -0.3 is 29.8 Å². The van der Waals surface area contributed by atoms with E-state index in [1.807, 2.05) is 6.07 Å². The molecule has 7 heteroatoms. The lowest BCUT2D eigenvalue weighted by molar-refractivity contribution is 0.165. The molecule has 1 unspecified atom stereocenters. The van der Waals surface area contributed by atoms with Gasteiger partial charge in [-0.15, -0.1) is 0 Å². The van der Waals surface area contributed by atoms with Crippen LogP contribution in [0.3, 0.4) is 0 Å². The summed E-state index contributed by atoms with van der Waals surface area (Å²) in [7, 11) is 1.54. The molecule has 2 aromatic rings. The Morgan fingerprint density at radius 1 is 1.19 bits per heavy atom. The number of hydrogen-bond donors (Lipinski definition) is 2. The van der Waals surface area contributed by atoms with Crippen molar-refractivity contribution in [1.82, 2.24) is 0 Å². The van der Waals surface area contributed by atoms with Gasteiger partial charge in [-0.2, -0.15) is 5.26 Å². The highest BCUT2D eigenvalue weighted by atomic mass is 16.6. The average molecular weight is 352 g/mol. The highest BCUT2D eigenvalue weighted by Crippen LogP contribution is 2.48. The first-order valence-electron chi connectivity index (χ1n) is 8.00. The molecule has 1 atom stereocenters. The molecule has 26 heavy (non-hydrogen) atoms. The molecule has 7 nitrogen and oxygen atoms in total. The van der Waals surface area contributed by atoms with Gasteiger partial charge in [-0.05, 0) is 23.8 Å². The van der Waals surface area contributed by atoms with Crippen LogP contribution in [0.5, 0.6) is 28.7 Å². The summed E-state index contributed by atoms with van der Waals surface area (Å²) in [5.41, 5.74) is 7.70. The number of phenolic OH excluding ortho intramolecular Hbond substituents is 1. The van der Waals surface area contributed by atoms with E-state index in [1.165, 1.54) is 6.07 Å². The van der Waals surface area contributed by atoms with Crippen LogP contribution in [0.4, 0.5) is 0 Å². The molecule has 2 aliphatic rings. The molecule has 0 aliphatic carbocycles. The number of aromatic hydroxyl groups is 1. The van der Waals surface area contributed by atoms with Gasteiger partial charge in [0.1, 0.15) is 36.4 Å². The second-order valence-corrected chi connectivity index (χ2v) is 5.89. The van der Waals surface area contributed by atoms with E-state index in [0.29, 0.717) is 41.8 Å². The molecule has 0 radical (unpaired) electrons. The maximum absolute atomic E-state index is 9.74. The molecule has 2 heterocycles. The van der Waals surface area contributed by atoms with E-state index < -0.39 is 5.92 Å². The lowest BCUT2D eigenvalue weighted by Gasteiger charge is -2.28. The first kappa shape index (κ1) is 16.0. The van der Waals surface area contributed by atoms with Gasteiger partial charge in [-0.25, -0.2) is 0 Å². The SMILES string of the molecule is COc1cc(C2C(C#N)=C(N)Oc3cc(O)ccc32)cc2c1OCCO2. The van der Waals surface area contributed by atoms with Crippen molar-refractivity contribution >= 4 is 0 Å². The normalized spacial score (nSPS) is 17.8. The van der Waals surface area contributed by atoms with E-state index in [4.69, 9.17) is 24.7 Å². The summed E-state index contributed by atoms with van der Waals surface area (Å²) in [6, 6.07) is 10.5. The van der Waals surface area contributed by atoms with Crippen LogP contribution in [0.1, 0.15) is 17.0 Å². The van der Waals surface area contributed by atoms with Crippen LogP contribution in [0.25, 0.3) is 0 Å². The monoisotopic (exact) mass is 352 g/mol. The van der Waals surface area contributed by atoms with Crippen LogP contribution in [-0.4, -0.2) is 25.4 Å². The summed E-state index contributed by atoms with van der Waals surface area (Å²) >= 11 is 0. The number of methoxy groups -OCH3 is 1. The Morgan fingerprint density at radius 3 is 2.77 bits per heavy atom. The predicted octanol–water partition coefficient (Wildman–Crippen LogP) is 2.39. The molecule has 0 fully saturated rings. The van der Waals surface area contributed by atoms with Gasteiger partial charge in [-0.3, -0.25) is 0 Å². The van der Waals surface area contributed by atoms with Crippen LogP contribution in [-0.2, 0) is 0 Å². The topological polar surface area (TPSA) is 107 Å². The first-order valence-corrected chi connectivity index (χ1v) is 8.00. The third-order valence-electron chi connectivity index (χ3n) is 4.39. The van der Waals surface area contributed by atoms with Crippen molar-refractivity contribution in [3.63, 3.8) is 0 Å². The van der Waals surface area contributed by atoms with Crippen molar-refractivity contribution < 1.29 is 24.1 Å². The molecule has 0 saturated carbocycles. The van der Waals surface area contributed by atoms with Crippen LogP contribution in [0.15, 0.2) is 41.8 Å². The maximum Gasteiger partial charge on any atom is 0.205 e. The van der Waals surface area contributed by atoms with Crippen molar-refractivity contribution in [2.24, 2.45) is 5.73 Å². The number of nitriles is 1. The zero-order chi connectivity index (χ0) is 18.3. The minimum absolute atomic E-state index is 0.00413. The third kappa shape index (κ3) is 2.43. The fourth-order valence-corrected chi connectivity index (χ4v) is 3.25. The van der Waals surface area contributed by atoms with Gasteiger partial charge in [0.05, 0.1) is 13.0 Å². The number of nitrogens with two attached hydrogens (primary N) is 1. The fraction of sp³-hybridized carbons (Fsp3) is 0.211. The van der Waals surface area contributed by atoms with Crippen LogP contribution < -0.4 is 24.7 Å². The molecular formula is C19H16N2O5. The minimum atomic E-state index is -0.478. The Hall–Kier alpha value is -3.53. The van der Waals surface area contributed by atoms with E-state index in [0.717, 1.165) is 5.56 Å². The summed E-state index contributed by atoms with van der Waals surface area (Å²) in [5, 5.41) is 19.4. The number of allylic oxidation sites excluding steroid dienone is 1. The molecule has 0 bridgehead atoms. The average Bonchev–Trinajstić information content (AvgIpc) is 2.65. The van der Waals surface area contributed by atoms with Crippen molar-refractivity contribution in [3.8, 4) is 34.8 Å². The third-order valence-corrected chi connectivity index (χ3v) is 4.39. The van der Waals surface area contributed by atoms with Crippen molar-refractivity contribution in [2.45, 2.75) is 5.92 Å². The van der Waals surface area contributed by atoms with Gasteiger partial charge in [-0.1, -0.05) is 6.07 Å². The number of benzene rings is 2. The first-order chi connectivity index (χ1) is 12.6. The summed E-state index contributed by atoms with van der Waals surface area (Å²) in [5.74, 6) is 1.58. The van der Waals surface area contributed by atoms with Crippen molar-refractivity contribution in [1.29, 1.82) is 5.26 Å². The maximum atomic E-state index is 9.74. The molecule has 0 spiro atoms. The van der Waals surface area contributed by atoms with Crippen molar-refractivity contribution in [2.75, 3.05) is 20.3 Å². The highest BCUT2D eigenvalue weighted by Gasteiger charge is 2.32. The van der Waals surface area contributed by atoms with Crippen LogP contribution in [0.2, 0.25) is 0 Å². The fourth-order valence-electron chi connectivity index (χ4n) is 3.25. The molecular weight excluding hydrogens is 336 g/mol. The Labute approximate surface area is 149 Å². The van der Waals surface area contributed by atoms with Crippen LogP contribution in [0, 0.1) is 11.3 Å². The minimum Gasteiger partial charge on any atom is -0.508 e. The number of hydrogen-bond acceptors (Lipinski definition) is 7. The summed E-state index contributed by atoms with van der Waals surface area (Å²) in [6.45, 7) is 0.874. The largest absolute Gasteiger partial charge is 0.508 e. The van der Waals surface area contributed by atoms with E-state index in [2.05, 4.69) is 6.07 Å². The molecule has 0 amide bonds. The lowest BCUT2D eigenvalue weighted by Crippen LogP contribution is -2.21. The Bertz CT molecular complexity index is 944. The van der Waals surface area contributed by atoms with E-state index in [-0.39, 0.29) is 17.2 Å². The standard InChI is InChI=1S/C19H16N2O5/c1-23-15-6-10(7-16-18(15)25-5-4-24-16)17-12-3-2-11(22)8-14(12)26-19(21)13(17)9-20/h2-3,6-8,17,22H,4-5,21H2,1H3. The Kier molecular flexibility index (Phi) is 3.73. The summed E-state index contributed by atoms with van der Waals surface area (Å²) in [4.78, 5) is 0. The predicted molar refractivity (Wildman–Crippen MR) is 91.4 cm³/mol. The van der Waals surface area contributed by atoms with Gasteiger partial charge in [0.25, 0.3) is 0 Å². The second-order valence-electron chi connectivity index (χ2n) is 5.89. The molecule has 2 aromatic carbocycles. The number of ether oxygens (including phenoxy) is 4. The zero-order valence-electron chi connectivity index (χ0n) is 14.0. The quantitative estimate of drug-likeness (QED) is 0.854. The highest BCUT2D eigenvalue weighted by molar-refractivity contribution is 5.62. The Morgan fingerprint density at radius 2 is 2.00 bits per heavy atom. The molecule has 132 valence electrons. The lowest BCUT2D eigenvalue weighted by atomic mass is 9.83. The van der Waals surface area contributed by atoms with Crippen molar-refractivity contribution in [3.05, 3.63) is 52.9 Å². The van der Waals surface area contributed by atoms with Gasteiger partial charge in [0.15, 0.2) is 11.5 Å². The summed E-state index contributed by atoms with van der Waals surface area (Å²) < 4.78 is 22.3. The van der Waals surface area contributed by atoms with E-state index >= 15 is 0 Å². The molecule has 0 aromatic heterocycles. The van der Waals surface area contributed by atoms with E-state index in [1.54, 1.807) is 25.3 Å². The Balaban J connectivity index is 1.93. The molecule has 3 N–H and O–H groups in total. The number of phenols is 1. The second kappa shape index (κ2) is 6.08. The van der Waals surface area contributed by atoms with E-state index in [9.17, 15) is 10.4 Å². The molecule has 2 aliphatic heterocycles. The van der Waals surface area contributed by atoms with Gasteiger partial charge >= 0.3 is 0 Å². The molecule has 0 saturated heterocycles.